The lowest BCUT2D eigenvalue weighted by Gasteiger charge is -2.01. The van der Waals surface area contributed by atoms with Gasteiger partial charge in [0.25, 0.3) is 0 Å². The zero-order valence-corrected chi connectivity index (χ0v) is 8.80. The van der Waals surface area contributed by atoms with E-state index in [1.165, 1.54) is 0 Å². The molecule has 0 amide bonds. The fourth-order valence-corrected chi connectivity index (χ4v) is 2.12. The molecule has 14 heavy (non-hydrogen) atoms. The van der Waals surface area contributed by atoms with Crippen LogP contribution in [0.25, 0.3) is 10.6 Å². The number of aromatic nitrogens is 3. The molecular formula is C9H10N4S. The van der Waals surface area contributed by atoms with Crippen molar-refractivity contribution in [1.29, 1.82) is 0 Å². The highest BCUT2D eigenvalue weighted by Crippen LogP contribution is 2.29. The summed E-state index contributed by atoms with van der Waals surface area (Å²) in [6.45, 7) is 3.79. The molecule has 2 N–H and O–H groups in total. The second-order valence-corrected chi connectivity index (χ2v) is 3.94. The van der Waals surface area contributed by atoms with Crippen molar-refractivity contribution in [3.05, 3.63) is 22.8 Å². The van der Waals surface area contributed by atoms with Crippen LogP contribution in [0.2, 0.25) is 0 Å². The highest BCUT2D eigenvalue weighted by Gasteiger charge is 2.10. The summed E-state index contributed by atoms with van der Waals surface area (Å²) in [6, 6.07) is 2.03. The van der Waals surface area contributed by atoms with Gasteiger partial charge in [-0.3, -0.25) is 0 Å². The third-order valence-corrected chi connectivity index (χ3v) is 2.92. The Bertz CT molecular complexity index is 464. The molecular weight excluding hydrogens is 196 g/mol. The van der Waals surface area contributed by atoms with E-state index in [9.17, 15) is 0 Å². The van der Waals surface area contributed by atoms with Gasteiger partial charge < -0.3 is 5.73 Å². The van der Waals surface area contributed by atoms with E-state index in [2.05, 4.69) is 15.2 Å². The van der Waals surface area contributed by atoms with Crippen LogP contribution in [0.15, 0.2) is 11.4 Å². The van der Waals surface area contributed by atoms with Gasteiger partial charge in [0.1, 0.15) is 11.5 Å². The van der Waals surface area contributed by atoms with Crippen molar-refractivity contribution in [2.75, 3.05) is 5.73 Å². The highest BCUT2D eigenvalue weighted by atomic mass is 32.1. The van der Waals surface area contributed by atoms with Gasteiger partial charge in [-0.25, -0.2) is 4.98 Å². The molecule has 0 atom stereocenters. The molecule has 0 saturated heterocycles. The van der Waals surface area contributed by atoms with Gasteiger partial charge in [0, 0.05) is 0 Å². The lowest BCUT2D eigenvalue weighted by atomic mass is 10.2. The van der Waals surface area contributed by atoms with Crippen molar-refractivity contribution in [3.63, 3.8) is 0 Å². The quantitative estimate of drug-likeness (QED) is 0.772. The van der Waals surface area contributed by atoms with Gasteiger partial charge in [0.15, 0.2) is 5.82 Å². The largest absolute Gasteiger partial charge is 0.382 e. The average Bonchev–Trinajstić information content (AvgIpc) is 2.52. The lowest BCUT2D eigenvalue weighted by Crippen LogP contribution is -2.01. The zero-order valence-electron chi connectivity index (χ0n) is 7.98. The summed E-state index contributed by atoms with van der Waals surface area (Å²) >= 11 is 1.60. The molecule has 2 aromatic rings. The van der Waals surface area contributed by atoms with E-state index in [0.717, 1.165) is 10.4 Å². The monoisotopic (exact) mass is 206 g/mol. The molecule has 5 heteroatoms. The Morgan fingerprint density at radius 2 is 2.07 bits per heavy atom. The molecule has 0 unspecified atom stereocenters. The molecule has 0 aromatic carbocycles. The average molecular weight is 206 g/mol. The summed E-state index contributed by atoms with van der Waals surface area (Å²) in [7, 11) is 0. The van der Waals surface area contributed by atoms with Crippen molar-refractivity contribution in [3.8, 4) is 10.6 Å². The summed E-state index contributed by atoms with van der Waals surface area (Å²) in [4.78, 5) is 5.13. The minimum absolute atomic E-state index is 0.447. The maximum Gasteiger partial charge on any atom is 0.155 e. The first kappa shape index (κ1) is 9.08. The normalized spacial score (nSPS) is 10.4. The third kappa shape index (κ3) is 1.46. The van der Waals surface area contributed by atoms with Crippen LogP contribution in [0.3, 0.4) is 0 Å². The van der Waals surface area contributed by atoms with E-state index in [4.69, 9.17) is 5.73 Å². The van der Waals surface area contributed by atoms with E-state index in [-0.39, 0.29) is 0 Å². The molecule has 0 aliphatic rings. The number of nitrogens with zero attached hydrogens (tertiary/aromatic N) is 3. The van der Waals surface area contributed by atoms with Crippen LogP contribution in [0.4, 0.5) is 5.82 Å². The number of hydrogen-bond acceptors (Lipinski definition) is 5. The molecule has 2 heterocycles. The van der Waals surface area contributed by atoms with Gasteiger partial charge >= 0.3 is 0 Å². The van der Waals surface area contributed by atoms with Crippen molar-refractivity contribution < 1.29 is 0 Å². The van der Waals surface area contributed by atoms with Gasteiger partial charge in [-0.1, -0.05) is 0 Å². The summed E-state index contributed by atoms with van der Waals surface area (Å²) in [5.41, 5.74) is 7.61. The van der Waals surface area contributed by atoms with Crippen LogP contribution < -0.4 is 5.73 Å². The topological polar surface area (TPSA) is 64.7 Å². The molecule has 72 valence electrons. The fourth-order valence-electron chi connectivity index (χ4n) is 1.20. The summed E-state index contributed by atoms with van der Waals surface area (Å²) in [5, 5.41) is 9.96. The van der Waals surface area contributed by atoms with Crippen LogP contribution in [0, 0.1) is 13.8 Å². The maximum absolute atomic E-state index is 5.77. The minimum atomic E-state index is 0.447. The predicted molar refractivity (Wildman–Crippen MR) is 57.0 cm³/mol. The SMILES string of the molecule is Cc1nnc(-c2sccc2C)c(N)n1. The number of nitrogen functional groups attached to an aromatic ring is 1. The lowest BCUT2D eigenvalue weighted by molar-refractivity contribution is 0.921. The van der Waals surface area contributed by atoms with Crippen molar-refractivity contribution in [2.45, 2.75) is 13.8 Å². The Balaban J connectivity index is 2.58. The van der Waals surface area contributed by atoms with Crippen molar-refractivity contribution >= 4 is 17.2 Å². The van der Waals surface area contributed by atoms with Crippen molar-refractivity contribution in [1.82, 2.24) is 15.2 Å². The first-order valence-corrected chi connectivity index (χ1v) is 5.07. The van der Waals surface area contributed by atoms with Crippen LogP contribution in [0.5, 0.6) is 0 Å². The second kappa shape index (κ2) is 3.34. The van der Waals surface area contributed by atoms with Gasteiger partial charge in [0.2, 0.25) is 0 Å². The van der Waals surface area contributed by atoms with E-state index >= 15 is 0 Å². The standard InChI is InChI=1S/C9H10N4S/c1-5-3-4-14-8(5)7-9(10)11-6(2)12-13-7/h3-4H,1-2H3,(H2,10,11,12). The third-order valence-electron chi connectivity index (χ3n) is 1.90. The van der Waals surface area contributed by atoms with Crippen LogP contribution in [-0.2, 0) is 0 Å². The molecule has 4 nitrogen and oxygen atoms in total. The number of hydrogen-bond donors (Lipinski definition) is 1. The molecule has 2 rings (SSSR count). The summed E-state index contributed by atoms with van der Waals surface area (Å²) in [6.07, 6.45) is 0. The Labute approximate surface area is 85.8 Å². The number of rotatable bonds is 1. The van der Waals surface area contributed by atoms with Crippen molar-refractivity contribution in [2.24, 2.45) is 0 Å². The molecule has 0 saturated carbocycles. The predicted octanol–water partition coefficient (Wildman–Crippen LogP) is 1.80. The Morgan fingerprint density at radius 1 is 1.29 bits per heavy atom. The molecule has 2 aromatic heterocycles. The number of aryl methyl sites for hydroxylation is 2. The Kier molecular flexibility index (Phi) is 2.17. The summed E-state index contributed by atoms with van der Waals surface area (Å²) in [5.74, 6) is 1.04. The van der Waals surface area contributed by atoms with Gasteiger partial charge in [-0.2, -0.15) is 0 Å². The smallest absolute Gasteiger partial charge is 0.155 e. The zero-order chi connectivity index (χ0) is 10.1. The molecule has 0 spiro atoms. The molecule has 0 radical (unpaired) electrons. The van der Waals surface area contributed by atoms with Crippen LogP contribution >= 0.6 is 11.3 Å². The first-order valence-electron chi connectivity index (χ1n) is 4.19. The van der Waals surface area contributed by atoms with Crippen LogP contribution in [-0.4, -0.2) is 15.2 Å². The Hall–Kier alpha value is -1.49. The van der Waals surface area contributed by atoms with Gasteiger partial charge in [-0.05, 0) is 30.9 Å². The van der Waals surface area contributed by atoms with Gasteiger partial charge in [-0.15, -0.1) is 21.5 Å². The highest BCUT2D eigenvalue weighted by molar-refractivity contribution is 7.13. The molecule has 0 bridgehead atoms. The van der Waals surface area contributed by atoms with E-state index in [0.29, 0.717) is 17.3 Å². The van der Waals surface area contributed by atoms with E-state index in [1.54, 1.807) is 18.3 Å². The van der Waals surface area contributed by atoms with E-state index < -0.39 is 0 Å². The number of thiophene rings is 1. The maximum atomic E-state index is 5.77. The molecule has 0 fully saturated rings. The Morgan fingerprint density at radius 3 is 2.64 bits per heavy atom. The molecule has 0 aliphatic heterocycles. The minimum Gasteiger partial charge on any atom is -0.382 e. The fraction of sp³-hybridized carbons (Fsp3) is 0.222. The van der Waals surface area contributed by atoms with E-state index in [1.807, 2.05) is 18.4 Å². The second-order valence-electron chi connectivity index (χ2n) is 3.03. The number of nitrogens with two attached hydrogens (primary N) is 1. The molecule has 0 aliphatic carbocycles. The van der Waals surface area contributed by atoms with Crippen LogP contribution in [0.1, 0.15) is 11.4 Å². The summed E-state index contributed by atoms with van der Waals surface area (Å²) < 4.78 is 0. The number of anilines is 1. The van der Waals surface area contributed by atoms with Gasteiger partial charge in [0.05, 0.1) is 4.88 Å². The first-order chi connectivity index (χ1) is 6.68.